The van der Waals surface area contributed by atoms with Gasteiger partial charge in [-0.2, -0.15) is 0 Å². The summed E-state index contributed by atoms with van der Waals surface area (Å²) in [7, 11) is 0. The van der Waals surface area contributed by atoms with Crippen LogP contribution >= 0.6 is 0 Å². The average Bonchev–Trinajstić information content (AvgIpc) is 3.36. The number of amides is 1. The Bertz CT molecular complexity index is 776. The molecule has 2 heterocycles. The Morgan fingerprint density at radius 3 is 2.76 bits per heavy atom. The lowest BCUT2D eigenvalue weighted by molar-refractivity contribution is 0.0927. The summed E-state index contributed by atoms with van der Waals surface area (Å²) in [5.41, 5.74) is 1.34. The molecule has 29 heavy (non-hydrogen) atoms. The number of hydrogen-bond donors (Lipinski definition) is 3. The fraction of sp³-hybridized carbons (Fsp3) is 0.455. The number of aliphatic imine (C=N–C) groups is 1. The molecule has 0 radical (unpaired) electrons. The molecule has 0 saturated carbocycles. The van der Waals surface area contributed by atoms with E-state index >= 15 is 0 Å². The Hall–Kier alpha value is -2.80. The Morgan fingerprint density at radius 1 is 1.21 bits per heavy atom. The topological polar surface area (TPSA) is 81.9 Å². The van der Waals surface area contributed by atoms with Crippen molar-refractivity contribution in [1.82, 2.24) is 20.9 Å². The highest BCUT2D eigenvalue weighted by Gasteiger charge is 2.29. The van der Waals surface area contributed by atoms with Crippen LogP contribution in [0.1, 0.15) is 36.4 Å². The molecule has 2 atom stereocenters. The van der Waals surface area contributed by atoms with E-state index in [1.165, 1.54) is 11.8 Å². The summed E-state index contributed by atoms with van der Waals surface area (Å²) >= 11 is 0. The molecule has 2 aromatic rings. The molecule has 0 bridgehead atoms. The van der Waals surface area contributed by atoms with Gasteiger partial charge in [0.2, 0.25) is 0 Å². The second-order valence-electron chi connectivity index (χ2n) is 7.33. The molecule has 1 fully saturated rings. The maximum atomic E-state index is 11.9. The van der Waals surface area contributed by atoms with Crippen molar-refractivity contribution in [3.63, 3.8) is 0 Å². The van der Waals surface area contributed by atoms with Gasteiger partial charge in [0, 0.05) is 38.3 Å². The highest BCUT2D eigenvalue weighted by atomic mass is 16.3. The molecule has 1 saturated heterocycles. The maximum absolute atomic E-state index is 11.9. The van der Waals surface area contributed by atoms with Gasteiger partial charge in [-0.15, -0.1) is 0 Å². The van der Waals surface area contributed by atoms with Gasteiger partial charge in [0.15, 0.2) is 11.7 Å². The van der Waals surface area contributed by atoms with Crippen molar-refractivity contribution in [2.24, 2.45) is 4.99 Å². The van der Waals surface area contributed by atoms with Crippen molar-refractivity contribution in [3.8, 4) is 0 Å². The van der Waals surface area contributed by atoms with Crippen LogP contribution in [0.4, 0.5) is 0 Å². The Kier molecular flexibility index (Phi) is 7.69. The van der Waals surface area contributed by atoms with Crippen LogP contribution in [-0.4, -0.2) is 55.0 Å². The van der Waals surface area contributed by atoms with Crippen LogP contribution in [-0.2, 0) is 6.54 Å². The number of carbonyl (C=O) groups is 1. The van der Waals surface area contributed by atoms with Crippen molar-refractivity contribution in [2.45, 2.75) is 38.9 Å². The zero-order chi connectivity index (χ0) is 20.5. The van der Waals surface area contributed by atoms with Gasteiger partial charge < -0.3 is 20.4 Å². The molecule has 2 unspecified atom stereocenters. The minimum Gasteiger partial charge on any atom is -0.459 e. The van der Waals surface area contributed by atoms with Crippen LogP contribution in [0.5, 0.6) is 0 Å². The summed E-state index contributed by atoms with van der Waals surface area (Å²) < 4.78 is 5.09. The van der Waals surface area contributed by atoms with Crippen LogP contribution in [0.15, 0.2) is 58.1 Å². The van der Waals surface area contributed by atoms with Gasteiger partial charge in [-0.25, -0.2) is 0 Å². The number of furan rings is 1. The van der Waals surface area contributed by atoms with Gasteiger partial charge in [0.05, 0.1) is 12.8 Å². The molecule has 3 rings (SSSR count). The van der Waals surface area contributed by atoms with Crippen molar-refractivity contribution in [3.05, 3.63) is 60.1 Å². The largest absolute Gasteiger partial charge is 0.459 e. The number of nitrogens with one attached hydrogen (secondary N) is 3. The zero-order valence-corrected chi connectivity index (χ0v) is 17.2. The SMILES string of the molecule is CCNC(=NCCNC(=O)c1ccco1)NC1CC(C)N(Cc2ccccc2)C1. The van der Waals surface area contributed by atoms with E-state index in [9.17, 15) is 4.79 Å². The lowest BCUT2D eigenvalue weighted by Crippen LogP contribution is -2.45. The molecular formula is C22H31N5O2. The summed E-state index contributed by atoms with van der Waals surface area (Å²) in [5, 5.41) is 9.65. The Labute approximate surface area is 172 Å². The van der Waals surface area contributed by atoms with Crippen LogP contribution in [0, 0.1) is 0 Å². The molecule has 1 amide bonds. The molecule has 7 nitrogen and oxygen atoms in total. The third-order valence-corrected chi connectivity index (χ3v) is 5.03. The standard InChI is InChI=1S/C22H31N5O2/c1-3-23-22(25-12-11-24-21(28)20-10-7-13-29-20)26-19-14-17(2)27(16-19)15-18-8-5-4-6-9-18/h4-10,13,17,19H,3,11-12,14-16H2,1-2H3,(H,24,28)(H2,23,25,26). The first-order valence-corrected chi connectivity index (χ1v) is 10.3. The fourth-order valence-electron chi connectivity index (χ4n) is 3.59. The summed E-state index contributed by atoms with van der Waals surface area (Å²) in [5.74, 6) is 0.889. The molecule has 1 aromatic heterocycles. The Balaban J connectivity index is 1.46. The summed E-state index contributed by atoms with van der Waals surface area (Å²) in [4.78, 5) is 19.0. The van der Waals surface area contributed by atoms with Gasteiger partial charge in [-0.3, -0.25) is 14.7 Å². The molecule has 156 valence electrons. The van der Waals surface area contributed by atoms with Gasteiger partial charge in [0.25, 0.3) is 5.91 Å². The highest BCUT2D eigenvalue weighted by molar-refractivity contribution is 5.91. The molecule has 7 heteroatoms. The van der Waals surface area contributed by atoms with E-state index in [4.69, 9.17) is 4.42 Å². The number of rotatable bonds is 8. The normalized spacial score (nSPS) is 19.9. The molecule has 1 aliphatic rings. The van der Waals surface area contributed by atoms with E-state index in [1.807, 2.05) is 0 Å². The smallest absolute Gasteiger partial charge is 0.287 e. The van der Waals surface area contributed by atoms with E-state index < -0.39 is 0 Å². The first-order valence-electron chi connectivity index (χ1n) is 10.3. The third-order valence-electron chi connectivity index (χ3n) is 5.03. The van der Waals surface area contributed by atoms with Gasteiger partial charge in [-0.05, 0) is 38.0 Å². The summed E-state index contributed by atoms with van der Waals surface area (Å²) in [6.45, 7) is 8.02. The number of carbonyl (C=O) groups excluding carboxylic acids is 1. The van der Waals surface area contributed by atoms with Crippen LogP contribution < -0.4 is 16.0 Å². The van der Waals surface area contributed by atoms with Crippen molar-refractivity contribution >= 4 is 11.9 Å². The quantitative estimate of drug-likeness (QED) is 0.362. The highest BCUT2D eigenvalue weighted by Crippen LogP contribution is 2.20. The van der Waals surface area contributed by atoms with Crippen LogP contribution in [0.2, 0.25) is 0 Å². The van der Waals surface area contributed by atoms with E-state index in [-0.39, 0.29) is 5.91 Å². The molecule has 1 aromatic carbocycles. The minimum atomic E-state index is -0.218. The van der Waals surface area contributed by atoms with Gasteiger partial charge in [0.1, 0.15) is 0 Å². The minimum absolute atomic E-state index is 0.218. The predicted molar refractivity (Wildman–Crippen MR) is 115 cm³/mol. The van der Waals surface area contributed by atoms with E-state index in [0.29, 0.717) is 30.9 Å². The van der Waals surface area contributed by atoms with Crippen LogP contribution in [0.25, 0.3) is 0 Å². The summed E-state index contributed by atoms with van der Waals surface area (Å²) in [6, 6.07) is 14.8. The van der Waals surface area contributed by atoms with Crippen LogP contribution in [0.3, 0.4) is 0 Å². The number of hydrogen-bond acceptors (Lipinski definition) is 4. The third kappa shape index (κ3) is 6.35. The van der Waals surface area contributed by atoms with Gasteiger partial charge >= 0.3 is 0 Å². The van der Waals surface area contributed by atoms with Crippen molar-refractivity contribution < 1.29 is 9.21 Å². The molecule has 0 spiro atoms. The number of nitrogens with zero attached hydrogens (tertiary/aromatic N) is 2. The Morgan fingerprint density at radius 2 is 2.03 bits per heavy atom. The van der Waals surface area contributed by atoms with Crippen molar-refractivity contribution in [2.75, 3.05) is 26.2 Å². The maximum Gasteiger partial charge on any atom is 0.287 e. The average molecular weight is 398 g/mol. The number of likely N-dealkylation sites (tertiary alicyclic amines) is 1. The molecular weight excluding hydrogens is 366 g/mol. The summed E-state index contributed by atoms with van der Waals surface area (Å²) in [6.07, 6.45) is 2.57. The molecule has 0 aliphatic carbocycles. The lowest BCUT2D eigenvalue weighted by Gasteiger charge is -2.21. The number of guanidine groups is 1. The molecule has 1 aliphatic heterocycles. The van der Waals surface area contributed by atoms with E-state index in [0.717, 1.165) is 32.0 Å². The first-order chi connectivity index (χ1) is 14.2. The second kappa shape index (κ2) is 10.7. The van der Waals surface area contributed by atoms with E-state index in [2.05, 4.69) is 70.0 Å². The van der Waals surface area contributed by atoms with Crippen molar-refractivity contribution in [1.29, 1.82) is 0 Å². The lowest BCUT2D eigenvalue weighted by atomic mass is 10.2. The number of benzene rings is 1. The predicted octanol–water partition coefficient (Wildman–Crippen LogP) is 2.23. The monoisotopic (exact) mass is 397 g/mol. The zero-order valence-electron chi connectivity index (χ0n) is 17.2. The molecule has 3 N–H and O–H groups in total. The first kappa shape index (κ1) is 20.9. The second-order valence-corrected chi connectivity index (χ2v) is 7.33. The van der Waals surface area contributed by atoms with Gasteiger partial charge in [-0.1, -0.05) is 30.3 Å². The van der Waals surface area contributed by atoms with E-state index in [1.54, 1.807) is 12.1 Å². The fourth-order valence-corrected chi connectivity index (χ4v) is 3.59.